The molecule has 3 N–H and O–H groups in total. The normalized spacial score (nSPS) is 13.3. The van der Waals surface area contributed by atoms with Gasteiger partial charge in [-0.1, -0.05) is 6.07 Å². The van der Waals surface area contributed by atoms with E-state index in [2.05, 4.69) is 10.3 Å². The molecule has 0 aliphatic rings. The van der Waals surface area contributed by atoms with Crippen molar-refractivity contribution < 1.29 is 22.7 Å². The number of benzene rings is 1. The van der Waals surface area contributed by atoms with Gasteiger partial charge in [-0.05, 0) is 44.5 Å². The maximum atomic E-state index is 13.9. The molecule has 2 aromatic heterocycles. The Morgan fingerprint density at radius 2 is 1.97 bits per heavy atom. The quantitative estimate of drug-likeness (QED) is 0.615. The Bertz CT molecular complexity index is 1080. The molecule has 1 aromatic carbocycles. The second kappa shape index (κ2) is 8.35. The van der Waals surface area contributed by atoms with E-state index in [1.54, 1.807) is 26.1 Å². The Morgan fingerprint density at radius 1 is 1.30 bits per heavy atom. The van der Waals surface area contributed by atoms with Gasteiger partial charge in [-0.25, -0.2) is 18.2 Å². The van der Waals surface area contributed by atoms with Crippen LogP contribution >= 0.6 is 0 Å². The van der Waals surface area contributed by atoms with E-state index >= 15 is 0 Å². The van der Waals surface area contributed by atoms with Crippen molar-refractivity contribution >= 4 is 11.6 Å². The van der Waals surface area contributed by atoms with E-state index in [1.165, 1.54) is 17.4 Å². The highest BCUT2D eigenvalue weighted by Gasteiger charge is 2.23. The number of hydrogen-bond acceptors (Lipinski definition) is 4. The molecule has 9 heteroatoms. The molecule has 0 saturated carbocycles. The van der Waals surface area contributed by atoms with Crippen LogP contribution in [-0.2, 0) is 6.61 Å². The van der Waals surface area contributed by atoms with Gasteiger partial charge in [0.1, 0.15) is 30.6 Å². The fourth-order valence-electron chi connectivity index (χ4n) is 2.97. The highest BCUT2D eigenvalue weighted by atomic mass is 19.1. The highest BCUT2D eigenvalue weighted by molar-refractivity contribution is 5.95. The summed E-state index contributed by atoms with van der Waals surface area (Å²) in [5.74, 6) is -1.62. The summed E-state index contributed by atoms with van der Waals surface area (Å²) in [6.07, 6.45) is 1.69. The lowest BCUT2D eigenvalue weighted by Crippen LogP contribution is -2.49. The van der Waals surface area contributed by atoms with Gasteiger partial charge in [0.2, 0.25) is 0 Å². The second-order valence-electron chi connectivity index (χ2n) is 7.58. The van der Waals surface area contributed by atoms with Gasteiger partial charge in [0.05, 0.1) is 16.8 Å². The van der Waals surface area contributed by atoms with Crippen LogP contribution in [0.1, 0.15) is 34.2 Å². The van der Waals surface area contributed by atoms with Crippen LogP contribution in [0.4, 0.5) is 13.2 Å². The standard InChI is InChI=1S/C21H23F3N4O2/c1-12-7-17(30-9-14-15(23)5-4-6-16(14)24)19-27-13(2)18(28(19)8-12)20(29)26-11-21(3,25)10-22/h4-8H,9-11,25H2,1-3H3,(H,26,29). The number of fused-ring (bicyclic) bond motifs is 1. The average molecular weight is 420 g/mol. The number of nitrogens with two attached hydrogens (primary N) is 1. The molecule has 30 heavy (non-hydrogen) atoms. The summed E-state index contributed by atoms with van der Waals surface area (Å²) >= 11 is 0. The number of alkyl halides is 1. The van der Waals surface area contributed by atoms with E-state index in [1.807, 2.05) is 0 Å². The lowest BCUT2D eigenvalue weighted by atomic mass is 10.1. The first-order chi connectivity index (χ1) is 14.1. The van der Waals surface area contributed by atoms with Gasteiger partial charge in [0.25, 0.3) is 5.91 Å². The van der Waals surface area contributed by atoms with Crippen molar-refractivity contribution in [1.29, 1.82) is 0 Å². The van der Waals surface area contributed by atoms with Gasteiger partial charge in [-0.3, -0.25) is 9.20 Å². The minimum Gasteiger partial charge on any atom is -0.485 e. The molecule has 0 bridgehead atoms. The molecule has 0 saturated heterocycles. The summed E-state index contributed by atoms with van der Waals surface area (Å²) in [7, 11) is 0. The van der Waals surface area contributed by atoms with E-state index in [0.717, 1.165) is 17.7 Å². The van der Waals surface area contributed by atoms with Gasteiger partial charge in [0, 0.05) is 12.7 Å². The van der Waals surface area contributed by atoms with Crippen LogP contribution in [0.5, 0.6) is 5.75 Å². The number of aromatic nitrogens is 2. The third-order valence-corrected chi connectivity index (χ3v) is 4.60. The van der Waals surface area contributed by atoms with E-state index in [9.17, 15) is 18.0 Å². The van der Waals surface area contributed by atoms with Crippen LogP contribution < -0.4 is 15.8 Å². The number of amides is 1. The minimum absolute atomic E-state index is 0.0588. The number of pyridine rings is 1. The lowest BCUT2D eigenvalue weighted by Gasteiger charge is -2.20. The summed E-state index contributed by atoms with van der Waals surface area (Å²) in [5.41, 5.74) is 6.08. The molecule has 0 fully saturated rings. The zero-order valence-corrected chi connectivity index (χ0v) is 16.9. The maximum Gasteiger partial charge on any atom is 0.270 e. The molecule has 0 spiro atoms. The smallest absolute Gasteiger partial charge is 0.270 e. The Hall–Kier alpha value is -3.07. The molecular weight excluding hydrogens is 397 g/mol. The van der Waals surface area contributed by atoms with Crippen molar-refractivity contribution in [2.24, 2.45) is 5.73 Å². The van der Waals surface area contributed by atoms with Crippen molar-refractivity contribution in [2.45, 2.75) is 32.9 Å². The van der Waals surface area contributed by atoms with E-state index in [-0.39, 0.29) is 30.2 Å². The van der Waals surface area contributed by atoms with Crippen molar-refractivity contribution in [3.05, 3.63) is 64.6 Å². The summed E-state index contributed by atoms with van der Waals surface area (Å²) in [4.78, 5) is 17.1. The van der Waals surface area contributed by atoms with Gasteiger partial charge < -0.3 is 15.8 Å². The predicted octanol–water partition coefficient (Wildman–Crippen LogP) is 3.23. The van der Waals surface area contributed by atoms with Gasteiger partial charge >= 0.3 is 0 Å². The van der Waals surface area contributed by atoms with E-state index in [0.29, 0.717) is 11.3 Å². The van der Waals surface area contributed by atoms with Crippen LogP contribution in [0, 0.1) is 25.5 Å². The SMILES string of the molecule is Cc1cc(OCc2c(F)cccc2F)c2nc(C)c(C(=O)NCC(C)(N)CF)n2c1. The number of aryl methyl sites for hydroxylation is 2. The first-order valence-electron chi connectivity index (χ1n) is 9.31. The first kappa shape index (κ1) is 21.6. The van der Waals surface area contributed by atoms with Crippen molar-refractivity contribution in [1.82, 2.24) is 14.7 Å². The number of rotatable bonds is 7. The molecule has 0 aliphatic carbocycles. The van der Waals surface area contributed by atoms with Crippen LogP contribution in [0.15, 0.2) is 30.5 Å². The third kappa shape index (κ3) is 4.40. The van der Waals surface area contributed by atoms with Crippen molar-refractivity contribution in [3.8, 4) is 5.75 Å². The van der Waals surface area contributed by atoms with Crippen LogP contribution in [0.3, 0.4) is 0 Å². The zero-order chi connectivity index (χ0) is 22.1. The number of halogens is 3. The molecule has 0 aliphatic heterocycles. The Labute approximate surface area is 171 Å². The Balaban J connectivity index is 1.93. The molecule has 3 aromatic rings. The molecule has 1 unspecified atom stereocenters. The van der Waals surface area contributed by atoms with Crippen molar-refractivity contribution in [3.63, 3.8) is 0 Å². The summed E-state index contributed by atoms with van der Waals surface area (Å²) in [6.45, 7) is 3.74. The van der Waals surface area contributed by atoms with Crippen LogP contribution in [0.2, 0.25) is 0 Å². The maximum absolute atomic E-state index is 13.9. The molecule has 3 rings (SSSR count). The monoisotopic (exact) mass is 420 g/mol. The molecule has 1 atom stereocenters. The number of hydrogen-bond donors (Lipinski definition) is 2. The van der Waals surface area contributed by atoms with Gasteiger partial charge in [-0.2, -0.15) is 0 Å². The van der Waals surface area contributed by atoms with Crippen LogP contribution in [0.25, 0.3) is 5.65 Å². The largest absolute Gasteiger partial charge is 0.485 e. The van der Waals surface area contributed by atoms with E-state index < -0.39 is 29.8 Å². The van der Waals surface area contributed by atoms with Crippen molar-refractivity contribution in [2.75, 3.05) is 13.2 Å². The summed E-state index contributed by atoms with van der Waals surface area (Å²) in [5, 5.41) is 2.62. The molecular formula is C21H23F3N4O2. The summed E-state index contributed by atoms with van der Waals surface area (Å²) in [6, 6.07) is 5.25. The topological polar surface area (TPSA) is 81.6 Å². The lowest BCUT2D eigenvalue weighted by molar-refractivity contribution is 0.0935. The van der Waals surface area contributed by atoms with E-state index in [4.69, 9.17) is 10.5 Å². The molecule has 6 nitrogen and oxygen atoms in total. The highest BCUT2D eigenvalue weighted by Crippen LogP contribution is 2.26. The van der Waals surface area contributed by atoms with Crippen LogP contribution in [-0.4, -0.2) is 34.1 Å². The molecule has 160 valence electrons. The number of imidazole rings is 1. The zero-order valence-electron chi connectivity index (χ0n) is 16.9. The fraction of sp³-hybridized carbons (Fsp3) is 0.333. The van der Waals surface area contributed by atoms with Gasteiger partial charge in [0.15, 0.2) is 11.4 Å². The van der Waals surface area contributed by atoms with Gasteiger partial charge in [-0.15, -0.1) is 0 Å². The fourth-order valence-corrected chi connectivity index (χ4v) is 2.97. The number of carbonyl (C=O) groups is 1. The second-order valence-corrected chi connectivity index (χ2v) is 7.58. The average Bonchev–Trinajstić information content (AvgIpc) is 3.01. The molecule has 0 radical (unpaired) electrons. The number of nitrogens with one attached hydrogen (secondary N) is 1. The molecule has 2 heterocycles. The predicted molar refractivity (Wildman–Crippen MR) is 106 cm³/mol. The Kier molecular flexibility index (Phi) is 6.02. The first-order valence-corrected chi connectivity index (χ1v) is 9.31. The number of carbonyl (C=O) groups excluding carboxylic acids is 1. The third-order valence-electron chi connectivity index (χ3n) is 4.60. The number of nitrogens with zero attached hydrogens (tertiary/aromatic N) is 2. The summed E-state index contributed by atoms with van der Waals surface area (Å²) < 4.78 is 47.9. The minimum atomic E-state index is -1.18. The molecule has 1 amide bonds. The number of ether oxygens (including phenoxy) is 1. The Morgan fingerprint density at radius 3 is 2.60 bits per heavy atom.